The number of nitrogens with zero attached hydrogens (tertiary/aromatic N) is 1. The molecular formula is C14H17N2O2. The number of hydrogen-bond acceptors (Lipinski definition) is 3. The number of amides is 1. The van der Waals surface area contributed by atoms with Crippen LogP contribution in [0.15, 0.2) is 30.3 Å². The zero-order chi connectivity index (χ0) is 13.0. The Hall–Kier alpha value is -1.68. The minimum absolute atomic E-state index is 0.148. The molecule has 0 aromatic heterocycles. The standard InChI is InChI=1S/C14H17N2O2/c15-13(9-11-5-2-1-3-6-11)14(18)16-8-4-7-12(16)10-17/h1-3,5-6,12-13H,4,7-9,15H2/t12-,13?/m0/s1. The van der Waals surface area contributed by atoms with Gasteiger partial charge in [0, 0.05) is 6.54 Å². The normalized spacial score (nSPS) is 20.7. The van der Waals surface area contributed by atoms with Crippen molar-refractivity contribution in [1.82, 2.24) is 4.90 Å². The van der Waals surface area contributed by atoms with Crippen LogP contribution >= 0.6 is 0 Å². The van der Waals surface area contributed by atoms with Crippen LogP contribution in [0.1, 0.15) is 18.4 Å². The molecule has 1 heterocycles. The Morgan fingerprint density at radius 3 is 2.83 bits per heavy atom. The molecule has 1 radical (unpaired) electrons. The Labute approximate surface area is 107 Å². The highest BCUT2D eigenvalue weighted by Crippen LogP contribution is 2.17. The van der Waals surface area contributed by atoms with Gasteiger partial charge in [-0.3, -0.25) is 9.59 Å². The van der Waals surface area contributed by atoms with E-state index in [-0.39, 0.29) is 5.91 Å². The topological polar surface area (TPSA) is 63.4 Å². The summed E-state index contributed by atoms with van der Waals surface area (Å²) >= 11 is 0. The number of rotatable bonds is 4. The van der Waals surface area contributed by atoms with Crippen LogP contribution in [-0.2, 0) is 16.0 Å². The fraction of sp³-hybridized carbons (Fsp3) is 0.429. The third kappa shape index (κ3) is 2.76. The quantitative estimate of drug-likeness (QED) is 0.847. The molecule has 2 N–H and O–H groups in total. The maximum atomic E-state index is 12.1. The van der Waals surface area contributed by atoms with Gasteiger partial charge in [0.15, 0.2) is 0 Å². The highest BCUT2D eigenvalue weighted by atomic mass is 16.2. The molecule has 0 aliphatic carbocycles. The van der Waals surface area contributed by atoms with E-state index in [1.165, 1.54) is 0 Å². The van der Waals surface area contributed by atoms with Gasteiger partial charge in [-0.2, -0.15) is 0 Å². The van der Waals surface area contributed by atoms with Crippen molar-refractivity contribution in [3.63, 3.8) is 0 Å². The van der Waals surface area contributed by atoms with Gasteiger partial charge >= 0.3 is 0 Å². The molecule has 1 aliphatic heterocycles. The Kier molecular flexibility index (Phi) is 4.10. The van der Waals surface area contributed by atoms with E-state index < -0.39 is 12.1 Å². The second-order valence-corrected chi connectivity index (χ2v) is 4.60. The van der Waals surface area contributed by atoms with Crippen molar-refractivity contribution >= 4 is 12.2 Å². The predicted octanol–water partition coefficient (Wildman–Crippen LogP) is 0.657. The van der Waals surface area contributed by atoms with Crippen molar-refractivity contribution in [1.29, 1.82) is 0 Å². The molecular weight excluding hydrogens is 228 g/mol. The first-order valence-electron chi connectivity index (χ1n) is 6.20. The van der Waals surface area contributed by atoms with E-state index in [1.807, 2.05) is 36.6 Å². The van der Waals surface area contributed by atoms with Crippen molar-refractivity contribution in [3.05, 3.63) is 35.9 Å². The van der Waals surface area contributed by atoms with Gasteiger partial charge in [-0.15, -0.1) is 0 Å². The van der Waals surface area contributed by atoms with E-state index in [0.717, 1.165) is 12.0 Å². The molecule has 0 spiro atoms. The summed E-state index contributed by atoms with van der Waals surface area (Å²) in [4.78, 5) is 24.4. The fourth-order valence-corrected chi connectivity index (χ4v) is 2.32. The average Bonchev–Trinajstić information content (AvgIpc) is 2.87. The molecule has 0 bridgehead atoms. The van der Waals surface area contributed by atoms with Gasteiger partial charge < -0.3 is 10.6 Å². The third-order valence-electron chi connectivity index (χ3n) is 3.29. The molecule has 2 atom stereocenters. The summed E-state index contributed by atoms with van der Waals surface area (Å²) < 4.78 is 0. The largest absolute Gasteiger partial charge is 0.331 e. The fourth-order valence-electron chi connectivity index (χ4n) is 2.32. The summed E-state index contributed by atoms with van der Waals surface area (Å²) in [6.45, 7) is 0.612. The molecule has 1 aromatic carbocycles. The molecule has 1 aromatic rings. The van der Waals surface area contributed by atoms with E-state index in [9.17, 15) is 9.59 Å². The van der Waals surface area contributed by atoms with Crippen molar-refractivity contribution in [2.75, 3.05) is 6.54 Å². The molecule has 1 fully saturated rings. The summed E-state index contributed by atoms with van der Waals surface area (Å²) in [5, 5.41) is 0. The number of benzene rings is 1. The van der Waals surface area contributed by atoms with E-state index in [0.29, 0.717) is 19.4 Å². The van der Waals surface area contributed by atoms with E-state index in [4.69, 9.17) is 5.73 Å². The van der Waals surface area contributed by atoms with Crippen LogP contribution in [0, 0.1) is 0 Å². The lowest BCUT2D eigenvalue weighted by Crippen LogP contribution is -2.47. The maximum absolute atomic E-state index is 12.1. The minimum atomic E-state index is -0.582. The van der Waals surface area contributed by atoms with E-state index >= 15 is 0 Å². The molecule has 95 valence electrons. The van der Waals surface area contributed by atoms with Crippen LogP contribution in [0.5, 0.6) is 0 Å². The lowest BCUT2D eigenvalue weighted by atomic mass is 10.1. The SMILES string of the molecule is NC(Cc1ccccc1)C(=O)N1CCC[C@H]1[C]=O. The molecule has 1 saturated heterocycles. The Morgan fingerprint density at radius 1 is 1.44 bits per heavy atom. The van der Waals surface area contributed by atoms with Crippen LogP contribution in [0.2, 0.25) is 0 Å². The maximum Gasteiger partial charge on any atom is 0.240 e. The first-order valence-corrected chi connectivity index (χ1v) is 6.20. The van der Waals surface area contributed by atoms with Crippen LogP contribution in [0.3, 0.4) is 0 Å². The van der Waals surface area contributed by atoms with Gasteiger partial charge in [-0.25, -0.2) is 0 Å². The number of nitrogens with two attached hydrogens (primary N) is 1. The Balaban J connectivity index is 1.98. The minimum Gasteiger partial charge on any atom is -0.331 e. The van der Waals surface area contributed by atoms with Crippen LogP contribution in [-0.4, -0.2) is 35.7 Å². The van der Waals surface area contributed by atoms with Crippen LogP contribution in [0.4, 0.5) is 0 Å². The van der Waals surface area contributed by atoms with Crippen LogP contribution < -0.4 is 5.73 Å². The summed E-state index contributed by atoms with van der Waals surface area (Å²) in [6.07, 6.45) is 3.97. The van der Waals surface area contributed by atoms with E-state index in [2.05, 4.69) is 0 Å². The molecule has 18 heavy (non-hydrogen) atoms. The zero-order valence-electron chi connectivity index (χ0n) is 10.2. The van der Waals surface area contributed by atoms with Gasteiger partial charge in [0.1, 0.15) is 0 Å². The number of hydrogen-bond donors (Lipinski definition) is 1. The molecule has 1 aliphatic rings. The third-order valence-corrected chi connectivity index (χ3v) is 3.29. The van der Waals surface area contributed by atoms with Crippen molar-refractivity contribution in [3.8, 4) is 0 Å². The van der Waals surface area contributed by atoms with Gasteiger partial charge in [-0.1, -0.05) is 30.3 Å². The molecule has 0 saturated carbocycles. The predicted molar refractivity (Wildman–Crippen MR) is 68.5 cm³/mol. The smallest absolute Gasteiger partial charge is 0.240 e. The summed E-state index contributed by atoms with van der Waals surface area (Å²) in [5.41, 5.74) is 6.96. The Morgan fingerprint density at radius 2 is 2.17 bits per heavy atom. The monoisotopic (exact) mass is 245 g/mol. The summed E-state index contributed by atoms with van der Waals surface area (Å²) in [6, 6.07) is 8.67. The molecule has 4 heteroatoms. The molecule has 4 nitrogen and oxygen atoms in total. The van der Waals surface area contributed by atoms with Gasteiger partial charge in [-0.05, 0) is 24.8 Å². The first-order chi connectivity index (χ1) is 8.72. The summed E-state index contributed by atoms with van der Waals surface area (Å²) in [7, 11) is 0. The van der Waals surface area contributed by atoms with Crippen molar-refractivity contribution < 1.29 is 9.59 Å². The second-order valence-electron chi connectivity index (χ2n) is 4.60. The highest BCUT2D eigenvalue weighted by Gasteiger charge is 2.31. The molecule has 2 rings (SSSR count). The zero-order valence-corrected chi connectivity index (χ0v) is 10.2. The van der Waals surface area contributed by atoms with Crippen molar-refractivity contribution in [2.24, 2.45) is 5.73 Å². The van der Waals surface area contributed by atoms with Gasteiger partial charge in [0.05, 0.1) is 12.1 Å². The molecule has 1 amide bonds. The van der Waals surface area contributed by atoms with Gasteiger partial charge in [0.2, 0.25) is 12.2 Å². The van der Waals surface area contributed by atoms with Gasteiger partial charge in [0.25, 0.3) is 0 Å². The molecule has 1 unspecified atom stereocenters. The number of carbonyl (C=O) groups excluding carboxylic acids is 2. The average molecular weight is 245 g/mol. The Bertz CT molecular complexity index is 419. The number of likely N-dealkylation sites (tertiary alicyclic amines) is 1. The van der Waals surface area contributed by atoms with Crippen LogP contribution in [0.25, 0.3) is 0 Å². The highest BCUT2D eigenvalue weighted by molar-refractivity contribution is 5.85. The number of carbonyl (C=O) groups is 1. The first kappa shape index (κ1) is 12.8. The van der Waals surface area contributed by atoms with Crippen molar-refractivity contribution in [2.45, 2.75) is 31.3 Å². The lowest BCUT2D eigenvalue weighted by molar-refractivity contribution is -0.132. The second kappa shape index (κ2) is 5.78. The summed E-state index contributed by atoms with van der Waals surface area (Å²) in [5.74, 6) is -0.148. The lowest BCUT2D eigenvalue weighted by Gasteiger charge is -2.23. The van der Waals surface area contributed by atoms with E-state index in [1.54, 1.807) is 4.90 Å².